The molecule has 5 nitrogen and oxygen atoms in total. The monoisotopic (exact) mass is 384 g/mol. The van der Waals surface area contributed by atoms with Crippen LogP contribution >= 0.6 is 11.3 Å². The molecule has 6 heteroatoms. The molecule has 3 heterocycles. The van der Waals surface area contributed by atoms with Gasteiger partial charge in [-0.25, -0.2) is 4.98 Å². The molecule has 2 aliphatic rings. The number of carbonyl (C=O) groups excluding carboxylic acids is 1. The summed E-state index contributed by atoms with van der Waals surface area (Å²) in [7, 11) is 0. The van der Waals surface area contributed by atoms with Crippen molar-refractivity contribution in [2.24, 2.45) is 5.92 Å². The van der Waals surface area contributed by atoms with Crippen molar-refractivity contribution in [2.45, 2.75) is 64.8 Å². The average molecular weight is 385 g/mol. The second-order valence-corrected chi connectivity index (χ2v) is 9.08. The van der Waals surface area contributed by atoms with Gasteiger partial charge >= 0.3 is 0 Å². The highest BCUT2D eigenvalue weighted by atomic mass is 32.1. The molecule has 1 atom stereocenters. The third-order valence-electron chi connectivity index (χ3n) is 5.68. The zero-order valence-electron chi connectivity index (χ0n) is 16.2. The van der Waals surface area contributed by atoms with Crippen LogP contribution in [-0.4, -0.2) is 27.3 Å². The number of amides is 1. The zero-order chi connectivity index (χ0) is 18.8. The van der Waals surface area contributed by atoms with Crippen molar-refractivity contribution in [1.82, 2.24) is 14.9 Å². The van der Waals surface area contributed by atoms with Crippen LogP contribution in [0.3, 0.4) is 0 Å². The summed E-state index contributed by atoms with van der Waals surface area (Å²) in [6.07, 6.45) is 9.72. The lowest BCUT2D eigenvalue weighted by atomic mass is 9.88. The second kappa shape index (κ2) is 7.97. The normalized spacial score (nSPS) is 20.8. The maximum absolute atomic E-state index is 13.1. The number of thiazole rings is 1. The van der Waals surface area contributed by atoms with Crippen LogP contribution in [0.15, 0.2) is 18.3 Å². The van der Waals surface area contributed by atoms with Crippen LogP contribution in [0.5, 0.6) is 0 Å². The standard InChI is InChI=1S/C21H28N4OS/c1-14-11-17(24-21-22-13-15(2)27-21)12-18(23-14)19-9-6-10-25(19)20(26)16-7-4-3-5-8-16/h11-13,16,19H,3-10H2,1-2H3,(H,22,23,24)/t19-/m0/s1. The summed E-state index contributed by atoms with van der Waals surface area (Å²) in [5.41, 5.74) is 2.98. The summed E-state index contributed by atoms with van der Waals surface area (Å²) in [6, 6.07) is 4.25. The average Bonchev–Trinajstić information content (AvgIpc) is 3.30. The largest absolute Gasteiger partial charge is 0.334 e. The molecule has 144 valence electrons. The van der Waals surface area contributed by atoms with Crippen LogP contribution in [0.25, 0.3) is 0 Å². The Labute approximate surface area is 165 Å². The Morgan fingerprint density at radius 1 is 1.15 bits per heavy atom. The first-order chi connectivity index (χ1) is 13.1. The van der Waals surface area contributed by atoms with E-state index < -0.39 is 0 Å². The third-order valence-corrected chi connectivity index (χ3v) is 6.51. The maximum Gasteiger partial charge on any atom is 0.226 e. The molecule has 2 fully saturated rings. The number of anilines is 2. The summed E-state index contributed by atoms with van der Waals surface area (Å²) >= 11 is 1.64. The topological polar surface area (TPSA) is 58.1 Å². The van der Waals surface area contributed by atoms with Gasteiger partial charge in [0.25, 0.3) is 0 Å². The van der Waals surface area contributed by atoms with Crippen LogP contribution in [0.2, 0.25) is 0 Å². The van der Waals surface area contributed by atoms with Crippen LogP contribution in [0.4, 0.5) is 10.8 Å². The fraction of sp³-hybridized carbons (Fsp3) is 0.571. The number of aromatic nitrogens is 2. The van der Waals surface area contributed by atoms with E-state index >= 15 is 0 Å². The number of carbonyl (C=O) groups is 1. The summed E-state index contributed by atoms with van der Waals surface area (Å²) in [6.45, 7) is 4.94. The summed E-state index contributed by atoms with van der Waals surface area (Å²) in [5.74, 6) is 0.575. The van der Waals surface area contributed by atoms with Crippen LogP contribution in [0, 0.1) is 19.8 Å². The van der Waals surface area contributed by atoms with Crippen molar-refractivity contribution in [3.63, 3.8) is 0 Å². The van der Waals surface area contributed by atoms with E-state index in [1.807, 2.05) is 19.2 Å². The van der Waals surface area contributed by atoms with Gasteiger partial charge in [-0.3, -0.25) is 9.78 Å². The van der Waals surface area contributed by atoms with Crippen molar-refractivity contribution in [3.8, 4) is 0 Å². The molecule has 2 aromatic heterocycles. The Morgan fingerprint density at radius 3 is 2.70 bits per heavy atom. The molecule has 1 aliphatic carbocycles. The van der Waals surface area contributed by atoms with Gasteiger partial charge in [0.1, 0.15) is 0 Å². The maximum atomic E-state index is 13.1. The predicted octanol–water partition coefficient (Wildman–Crippen LogP) is 5.14. The van der Waals surface area contributed by atoms with Crippen LogP contribution in [-0.2, 0) is 4.79 Å². The lowest BCUT2D eigenvalue weighted by Crippen LogP contribution is -2.36. The van der Waals surface area contributed by atoms with E-state index in [-0.39, 0.29) is 12.0 Å². The van der Waals surface area contributed by atoms with Gasteiger partial charge < -0.3 is 10.2 Å². The fourth-order valence-corrected chi connectivity index (χ4v) is 5.08. The van der Waals surface area contributed by atoms with Crippen LogP contribution < -0.4 is 5.32 Å². The number of hydrogen-bond donors (Lipinski definition) is 1. The molecule has 1 amide bonds. The van der Waals surface area contributed by atoms with Gasteiger partial charge in [-0.05, 0) is 51.7 Å². The first-order valence-electron chi connectivity index (χ1n) is 10.1. The molecule has 1 saturated carbocycles. The smallest absolute Gasteiger partial charge is 0.226 e. The molecular weight excluding hydrogens is 356 g/mol. The number of aryl methyl sites for hydroxylation is 2. The molecule has 0 spiro atoms. The van der Waals surface area contributed by atoms with Gasteiger partial charge in [0, 0.05) is 34.9 Å². The van der Waals surface area contributed by atoms with Crippen molar-refractivity contribution in [3.05, 3.63) is 34.6 Å². The Hall–Kier alpha value is -1.95. The van der Waals surface area contributed by atoms with Gasteiger partial charge in [0.15, 0.2) is 5.13 Å². The Kier molecular flexibility index (Phi) is 5.43. The Morgan fingerprint density at radius 2 is 1.96 bits per heavy atom. The van der Waals surface area contributed by atoms with Crippen molar-refractivity contribution in [2.75, 3.05) is 11.9 Å². The van der Waals surface area contributed by atoms with Gasteiger partial charge in [-0.1, -0.05) is 19.3 Å². The van der Waals surface area contributed by atoms with Crippen molar-refractivity contribution < 1.29 is 4.79 Å². The minimum atomic E-state index is 0.109. The molecule has 1 aliphatic heterocycles. The molecule has 0 radical (unpaired) electrons. The van der Waals surface area contributed by atoms with Crippen molar-refractivity contribution >= 4 is 28.1 Å². The number of nitrogens with one attached hydrogen (secondary N) is 1. The van der Waals surface area contributed by atoms with Crippen LogP contribution in [0.1, 0.15) is 67.3 Å². The van der Waals surface area contributed by atoms with E-state index in [0.29, 0.717) is 5.91 Å². The molecule has 1 saturated heterocycles. The fourth-order valence-electron chi connectivity index (χ4n) is 4.40. The molecule has 2 aromatic rings. The van der Waals surface area contributed by atoms with Crippen molar-refractivity contribution in [1.29, 1.82) is 0 Å². The first kappa shape index (κ1) is 18.4. The highest BCUT2D eigenvalue weighted by Gasteiger charge is 2.35. The number of hydrogen-bond acceptors (Lipinski definition) is 5. The third kappa shape index (κ3) is 4.15. The summed E-state index contributed by atoms with van der Waals surface area (Å²) < 4.78 is 0. The molecule has 0 aromatic carbocycles. The molecule has 1 N–H and O–H groups in total. The van der Waals surface area contributed by atoms with E-state index in [1.54, 1.807) is 11.3 Å². The molecular formula is C21H28N4OS. The van der Waals surface area contributed by atoms with Gasteiger partial charge in [-0.15, -0.1) is 11.3 Å². The number of likely N-dealkylation sites (tertiary alicyclic amines) is 1. The summed E-state index contributed by atoms with van der Waals surface area (Å²) in [5, 5.41) is 4.29. The minimum absolute atomic E-state index is 0.109. The number of rotatable bonds is 4. The minimum Gasteiger partial charge on any atom is -0.334 e. The molecule has 4 rings (SSSR count). The lowest BCUT2D eigenvalue weighted by Gasteiger charge is -2.30. The predicted molar refractivity (Wildman–Crippen MR) is 109 cm³/mol. The lowest BCUT2D eigenvalue weighted by molar-refractivity contribution is -0.137. The SMILES string of the molecule is Cc1cc(Nc2ncc(C)s2)cc([C@@H]2CCCN2C(=O)C2CCCCC2)n1. The van der Waals surface area contributed by atoms with E-state index in [9.17, 15) is 4.79 Å². The summed E-state index contributed by atoms with van der Waals surface area (Å²) in [4.78, 5) is 25.6. The highest BCUT2D eigenvalue weighted by molar-refractivity contribution is 7.15. The number of nitrogens with zero attached hydrogens (tertiary/aromatic N) is 3. The Balaban J connectivity index is 1.55. The highest BCUT2D eigenvalue weighted by Crippen LogP contribution is 2.36. The van der Waals surface area contributed by atoms with Gasteiger partial charge in [0.05, 0.1) is 11.7 Å². The quantitative estimate of drug-likeness (QED) is 0.793. The molecule has 0 unspecified atom stereocenters. The van der Waals surface area contributed by atoms with Gasteiger partial charge in [0.2, 0.25) is 5.91 Å². The zero-order valence-corrected chi connectivity index (χ0v) is 17.0. The molecule has 0 bridgehead atoms. The van der Waals surface area contributed by atoms with Gasteiger partial charge in [-0.2, -0.15) is 0 Å². The van der Waals surface area contributed by atoms with E-state index in [1.165, 1.54) is 24.1 Å². The van der Waals surface area contributed by atoms with E-state index in [4.69, 9.17) is 4.98 Å². The van der Waals surface area contributed by atoms with E-state index in [0.717, 1.165) is 54.4 Å². The van der Waals surface area contributed by atoms with E-state index in [2.05, 4.69) is 28.2 Å². The molecule has 27 heavy (non-hydrogen) atoms. The Bertz CT molecular complexity index is 812. The first-order valence-corrected chi connectivity index (χ1v) is 10.9. The second-order valence-electron chi connectivity index (χ2n) is 7.85. The number of pyridine rings is 1.